The maximum atomic E-state index is 4.90. The molecule has 10 heavy (non-hydrogen) atoms. The molecule has 4 nitrogen and oxygen atoms in total. The van der Waals surface area contributed by atoms with E-state index in [4.69, 9.17) is 21.9 Å². The first-order valence-corrected chi connectivity index (χ1v) is 3.09. The van der Waals surface area contributed by atoms with Crippen LogP contribution in [0.5, 0.6) is 0 Å². The van der Waals surface area contributed by atoms with Gasteiger partial charge in [-0.3, -0.25) is 0 Å². The third-order valence-corrected chi connectivity index (χ3v) is 1.47. The Bertz CT molecular complexity index is 240. The average molecular weight is 160 g/mol. The molecule has 1 aromatic rings. The summed E-state index contributed by atoms with van der Waals surface area (Å²) in [6.07, 6.45) is 3.34. The van der Waals surface area contributed by atoms with Crippen LogP contribution >= 0.6 is 12.2 Å². The van der Waals surface area contributed by atoms with Gasteiger partial charge < -0.3 is 9.68 Å². The second kappa shape index (κ2) is 2.74. The Morgan fingerprint density at radius 2 is 1.60 bits per heavy atom. The molecular weight excluding hydrogens is 152 g/mol. The Morgan fingerprint density at radius 1 is 1.20 bits per heavy atom. The first kappa shape index (κ1) is 7.14. The Morgan fingerprint density at radius 3 is 1.80 bits per heavy atom. The van der Waals surface area contributed by atoms with Crippen LogP contribution in [0.3, 0.4) is 0 Å². The van der Waals surface area contributed by atoms with E-state index in [9.17, 15) is 0 Å². The van der Waals surface area contributed by atoms with Crippen molar-refractivity contribution < 1.29 is 9.68 Å². The van der Waals surface area contributed by atoms with Gasteiger partial charge in [-0.25, -0.2) is 0 Å². The van der Waals surface area contributed by atoms with Crippen LogP contribution in [0.25, 0.3) is 0 Å². The van der Waals surface area contributed by atoms with E-state index in [1.807, 2.05) is 0 Å². The monoisotopic (exact) mass is 160 g/mol. The van der Waals surface area contributed by atoms with Gasteiger partial charge in [0.15, 0.2) is 0 Å². The van der Waals surface area contributed by atoms with Crippen molar-refractivity contribution in [3.05, 3.63) is 17.2 Å². The molecule has 0 saturated carbocycles. The lowest BCUT2D eigenvalue weighted by atomic mass is 11.0. The molecule has 0 aliphatic heterocycles. The highest BCUT2D eigenvalue weighted by Gasteiger charge is 1.95. The van der Waals surface area contributed by atoms with Gasteiger partial charge in [0.2, 0.25) is 4.77 Å². The summed E-state index contributed by atoms with van der Waals surface area (Å²) >= 11 is 4.90. The van der Waals surface area contributed by atoms with Gasteiger partial charge in [-0.1, -0.05) is 0 Å². The molecule has 5 heteroatoms. The van der Waals surface area contributed by atoms with Crippen LogP contribution in [0.4, 0.5) is 0 Å². The zero-order chi connectivity index (χ0) is 7.56. The van der Waals surface area contributed by atoms with Gasteiger partial charge in [0.1, 0.15) is 14.2 Å². The number of hydrogen-bond acceptors (Lipinski definition) is 3. The molecule has 1 rings (SSSR count). The van der Waals surface area contributed by atoms with Crippen LogP contribution < -0.4 is 9.68 Å². The minimum Gasteiger partial charge on any atom is -0.415 e. The molecule has 0 amide bonds. The number of nitrogens with zero attached hydrogens (tertiary/aromatic N) is 2. The molecule has 0 spiro atoms. The fourth-order valence-corrected chi connectivity index (χ4v) is 0.894. The summed E-state index contributed by atoms with van der Waals surface area (Å²) in [6, 6.07) is 0. The van der Waals surface area contributed by atoms with Crippen LogP contribution in [0, 0.1) is 4.77 Å². The van der Waals surface area contributed by atoms with Crippen molar-refractivity contribution in [1.29, 1.82) is 0 Å². The smallest absolute Gasteiger partial charge is 0.247 e. The van der Waals surface area contributed by atoms with E-state index in [-0.39, 0.29) is 0 Å². The van der Waals surface area contributed by atoms with Crippen LogP contribution in [0.1, 0.15) is 0 Å². The van der Waals surface area contributed by atoms with Crippen molar-refractivity contribution in [2.24, 2.45) is 0 Å². The normalized spacial score (nSPS) is 9.40. The highest BCUT2D eigenvalue weighted by Crippen LogP contribution is 1.90. The van der Waals surface area contributed by atoms with Crippen molar-refractivity contribution in [2.75, 3.05) is 14.2 Å². The number of imidazole rings is 1. The van der Waals surface area contributed by atoms with Gasteiger partial charge in [-0.15, -0.1) is 0 Å². The van der Waals surface area contributed by atoms with Gasteiger partial charge in [0.25, 0.3) is 0 Å². The standard InChI is InChI=1S/C5H8N2O2S/c1-8-6-3-4-7(9-2)5(6)10/h3-4H,1-2H3. The minimum atomic E-state index is 0.477. The highest BCUT2D eigenvalue weighted by atomic mass is 32.1. The minimum absolute atomic E-state index is 0.477. The molecule has 1 heterocycles. The molecule has 0 atom stereocenters. The molecule has 1 aromatic heterocycles. The largest absolute Gasteiger partial charge is 0.415 e. The molecule has 0 fully saturated rings. The average Bonchev–Trinajstić information content (AvgIpc) is 2.30. The molecule has 56 valence electrons. The molecule has 0 N–H and O–H groups in total. The summed E-state index contributed by atoms with van der Waals surface area (Å²) in [5.74, 6) is 0. The van der Waals surface area contributed by atoms with E-state index in [0.717, 1.165) is 0 Å². The Hall–Kier alpha value is -0.970. The topological polar surface area (TPSA) is 28.3 Å². The SMILES string of the molecule is COn1ccn(OC)c1=S. The van der Waals surface area contributed by atoms with Gasteiger partial charge >= 0.3 is 0 Å². The van der Waals surface area contributed by atoms with Crippen molar-refractivity contribution >= 4 is 12.2 Å². The second-order valence-corrected chi connectivity index (χ2v) is 1.96. The molecular formula is C5H8N2O2S. The molecule has 0 aromatic carbocycles. The second-order valence-electron chi connectivity index (χ2n) is 1.60. The summed E-state index contributed by atoms with van der Waals surface area (Å²) in [7, 11) is 3.08. The molecule has 0 bridgehead atoms. The van der Waals surface area contributed by atoms with E-state index < -0.39 is 0 Å². The number of rotatable bonds is 2. The molecule has 0 radical (unpaired) electrons. The zero-order valence-electron chi connectivity index (χ0n) is 5.77. The molecule has 0 aliphatic rings. The summed E-state index contributed by atoms with van der Waals surface area (Å²) in [6.45, 7) is 0. The summed E-state index contributed by atoms with van der Waals surface area (Å²) in [4.78, 5) is 9.68. The summed E-state index contributed by atoms with van der Waals surface area (Å²) in [5.41, 5.74) is 0. The van der Waals surface area contributed by atoms with Gasteiger partial charge in [-0.2, -0.15) is 9.46 Å². The first-order valence-electron chi connectivity index (χ1n) is 2.68. The van der Waals surface area contributed by atoms with Crippen molar-refractivity contribution in [2.45, 2.75) is 0 Å². The van der Waals surface area contributed by atoms with Crippen LogP contribution in [0.15, 0.2) is 12.4 Å². The Labute approximate surface area is 63.5 Å². The van der Waals surface area contributed by atoms with Crippen molar-refractivity contribution in [1.82, 2.24) is 9.46 Å². The predicted molar refractivity (Wildman–Crippen MR) is 38.3 cm³/mol. The van der Waals surface area contributed by atoms with Crippen LogP contribution in [-0.4, -0.2) is 23.7 Å². The summed E-state index contributed by atoms with van der Waals surface area (Å²) < 4.78 is 3.34. The number of aromatic nitrogens is 2. The lowest BCUT2D eigenvalue weighted by Gasteiger charge is -1.98. The van der Waals surface area contributed by atoms with E-state index in [1.54, 1.807) is 12.4 Å². The predicted octanol–water partition coefficient (Wildman–Crippen LogP) is 0.136. The van der Waals surface area contributed by atoms with E-state index in [2.05, 4.69) is 0 Å². The van der Waals surface area contributed by atoms with E-state index >= 15 is 0 Å². The maximum absolute atomic E-state index is 4.90. The van der Waals surface area contributed by atoms with Crippen molar-refractivity contribution in [3.63, 3.8) is 0 Å². The Balaban J connectivity index is 3.09. The third kappa shape index (κ3) is 0.995. The maximum Gasteiger partial charge on any atom is 0.247 e. The molecule has 0 saturated heterocycles. The van der Waals surface area contributed by atoms with Crippen LogP contribution in [0.2, 0.25) is 0 Å². The first-order chi connectivity index (χ1) is 4.79. The fourth-order valence-electron chi connectivity index (χ4n) is 0.624. The quantitative estimate of drug-likeness (QED) is 0.576. The lowest BCUT2D eigenvalue weighted by Crippen LogP contribution is -2.09. The fraction of sp³-hybridized carbons (Fsp3) is 0.400. The zero-order valence-corrected chi connectivity index (χ0v) is 6.59. The lowest BCUT2D eigenvalue weighted by molar-refractivity contribution is 0.125. The third-order valence-electron chi connectivity index (χ3n) is 1.11. The van der Waals surface area contributed by atoms with Crippen molar-refractivity contribution in [3.8, 4) is 0 Å². The number of hydrogen-bond donors (Lipinski definition) is 0. The van der Waals surface area contributed by atoms with E-state index in [1.165, 1.54) is 23.7 Å². The molecule has 0 unspecified atom stereocenters. The van der Waals surface area contributed by atoms with Gasteiger partial charge in [0, 0.05) is 0 Å². The highest BCUT2D eigenvalue weighted by molar-refractivity contribution is 7.71. The Kier molecular flexibility index (Phi) is 1.96. The van der Waals surface area contributed by atoms with Gasteiger partial charge in [0.05, 0.1) is 12.4 Å². The molecule has 0 aliphatic carbocycles. The van der Waals surface area contributed by atoms with E-state index in [0.29, 0.717) is 4.77 Å². The van der Waals surface area contributed by atoms with Crippen LogP contribution in [-0.2, 0) is 0 Å². The van der Waals surface area contributed by atoms with Gasteiger partial charge in [-0.05, 0) is 12.2 Å². The summed E-state index contributed by atoms with van der Waals surface area (Å²) in [5, 5.41) is 0.